The summed E-state index contributed by atoms with van der Waals surface area (Å²) < 4.78 is 27.6. The van der Waals surface area contributed by atoms with Gasteiger partial charge in [-0.2, -0.15) is 0 Å². The van der Waals surface area contributed by atoms with Crippen LogP contribution in [0.15, 0.2) is 47.4 Å². The third-order valence-electron chi connectivity index (χ3n) is 3.73. The fourth-order valence-electron chi connectivity index (χ4n) is 2.40. The van der Waals surface area contributed by atoms with E-state index in [1.807, 2.05) is 6.92 Å². The second-order valence-corrected chi connectivity index (χ2v) is 6.71. The van der Waals surface area contributed by atoms with E-state index in [9.17, 15) is 23.2 Å². The van der Waals surface area contributed by atoms with Crippen LogP contribution in [0.25, 0.3) is 0 Å². The van der Waals surface area contributed by atoms with Gasteiger partial charge in [0.25, 0.3) is 5.91 Å². The van der Waals surface area contributed by atoms with E-state index in [2.05, 4.69) is 5.32 Å². The largest absolute Gasteiger partial charge is 0.368 e. The minimum absolute atomic E-state index is 0.106. The van der Waals surface area contributed by atoms with Gasteiger partial charge in [0.15, 0.2) is 0 Å². The molecule has 0 bridgehead atoms. The quantitative estimate of drug-likeness (QED) is 0.708. The normalized spacial score (nSPS) is 11.7. The number of carbonyl (C=O) groups is 3. The van der Waals surface area contributed by atoms with Crippen LogP contribution in [0, 0.1) is 11.6 Å². The Morgan fingerprint density at radius 3 is 2.30 bits per heavy atom. The molecule has 0 fully saturated rings. The van der Waals surface area contributed by atoms with Crippen LogP contribution >= 0.6 is 11.8 Å². The maximum absolute atomic E-state index is 13.8. The van der Waals surface area contributed by atoms with Gasteiger partial charge in [-0.1, -0.05) is 31.5 Å². The van der Waals surface area contributed by atoms with Gasteiger partial charge in [0.2, 0.25) is 11.0 Å². The number of nitrogens with one attached hydrogen (secondary N) is 1. The maximum Gasteiger partial charge on any atom is 0.253 e. The molecule has 142 valence electrons. The first kappa shape index (κ1) is 20.6. The Hall–Kier alpha value is -2.74. The number of hydrogen-bond acceptors (Lipinski definition) is 4. The van der Waals surface area contributed by atoms with Crippen molar-refractivity contribution in [2.75, 3.05) is 0 Å². The molecule has 0 aromatic heterocycles. The Bertz CT molecular complexity index is 854. The maximum atomic E-state index is 13.8. The summed E-state index contributed by atoms with van der Waals surface area (Å²) in [5.41, 5.74) is 4.71. The van der Waals surface area contributed by atoms with E-state index in [0.29, 0.717) is 24.6 Å². The summed E-state index contributed by atoms with van der Waals surface area (Å²) in [6, 6.07) is 8.37. The lowest BCUT2D eigenvalue weighted by Gasteiger charge is -2.16. The van der Waals surface area contributed by atoms with Crippen LogP contribution in [-0.4, -0.2) is 23.0 Å². The minimum atomic E-state index is -0.980. The van der Waals surface area contributed by atoms with E-state index in [1.165, 1.54) is 12.1 Å². The highest BCUT2D eigenvalue weighted by molar-refractivity contribution is 8.14. The zero-order valence-electron chi connectivity index (χ0n) is 14.5. The van der Waals surface area contributed by atoms with Gasteiger partial charge in [-0.05, 0) is 42.4 Å². The number of thioether (sulfide) groups is 1. The molecule has 0 saturated heterocycles. The molecule has 5 nitrogen and oxygen atoms in total. The Balaban J connectivity index is 2.26. The number of primary amides is 1. The van der Waals surface area contributed by atoms with Crippen molar-refractivity contribution >= 4 is 28.7 Å². The number of carbonyl (C=O) groups excluding carboxylic acids is 3. The van der Waals surface area contributed by atoms with Gasteiger partial charge in [0.05, 0.1) is 5.56 Å². The first-order valence-electron chi connectivity index (χ1n) is 8.20. The molecular formula is C19H18F2N2O3S. The van der Waals surface area contributed by atoms with Crippen LogP contribution in [0.2, 0.25) is 0 Å². The lowest BCUT2D eigenvalue weighted by atomic mass is 10.1. The average Bonchev–Trinajstić information content (AvgIpc) is 2.61. The molecule has 2 aromatic carbocycles. The fourth-order valence-corrected chi connectivity index (χ4v) is 3.31. The van der Waals surface area contributed by atoms with Crippen molar-refractivity contribution in [2.45, 2.75) is 30.7 Å². The molecular weight excluding hydrogens is 374 g/mol. The van der Waals surface area contributed by atoms with Crippen LogP contribution < -0.4 is 11.1 Å². The van der Waals surface area contributed by atoms with Gasteiger partial charge in [-0.15, -0.1) is 0 Å². The molecule has 1 atom stereocenters. The Kier molecular flexibility index (Phi) is 7.06. The lowest BCUT2D eigenvalue weighted by Crippen LogP contribution is -2.44. The first-order valence-corrected chi connectivity index (χ1v) is 9.02. The van der Waals surface area contributed by atoms with E-state index >= 15 is 0 Å². The van der Waals surface area contributed by atoms with E-state index in [1.54, 1.807) is 12.1 Å². The average molecular weight is 392 g/mol. The first-order chi connectivity index (χ1) is 12.8. The number of rotatable bonds is 7. The molecule has 0 saturated carbocycles. The van der Waals surface area contributed by atoms with Crippen molar-refractivity contribution in [1.82, 2.24) is 5.32 Å². The van der Waals surface area contributed by atoms with Crippen LogP contribution in [0.4, 0.5) is 8.78 Å². The standard InChI is InChI=1S/C19H18F2N2O3S/c1-2-6-14(17(22)24)23-18(25)11-7-3-4-10-15(11)27-19(26)16-12(20)8-5-9-13(16)21/h3-5,7-10,14H,2,6H2,1H3,(H2,22,24)(H,23,25)/t14-/m0/s1. The Morgan fingerprint density at radius 2 is 1.70 bits per heavy atom. The summed E-state index contributed by atoms with van der Waals surface area (Å²) in [5, 5.41) is 1.65. The summed E-state index contributed by atoms with van der Waals surface area (Å²) in [6.07, 6.45) is 1.01. The highest BCUT2D eigenvalue weighted by atomic mass is 32.2. The van der Waals surface area contributed by atoms with Crippen molar-refractivity contribution in [3.63, 3.8) is 0 Å². The van der Waals surface area contributed by atoms with Crippen molar-refractivity contribution < 1.29 is 23.2 Å². The Labute approximate surface area is 159 Å². The molecule has 0 unspecified atom stereocenters. The summed E-state index contributed by atoms with van der Waals surface area (Å²) >= 11 is 0.533. The third kappa shape index (κ3) is 5.13. The molecule has 0 aliphatic heterocycles. The van der Waals surface area contributed by atoms with Crippen LogP contribution in [0.3, 0.4) is 0 Å². The predicted octanol–water partition coefficient (Wildman–Crippen LogP) is 3.28. The highest BCUT2D eigenvalue weighted by Crippen LogP contribution is 2.28. The summed E-state index contributed by atoms with van der Waals surface area (Å²) in [4.78, 5) is 36.5. The molecule has 0 aliphatic carbocycles. The molecule has 0 heterocycles. The molecule has 0 radical (unpaired) electrons. The van der Waals surface area contributed by atoms with Crippen LogP contribution in [-0.2, 0) is 4.79 Å². The van der Waals surface area contributed by atoms with Gasteiger partial charge >= 0.3 is 0 Å². The Morgan fingerprint density at radius 1 is 1.07 bits per heavy atom. The van der Waals surface area contributed by atoms with Crippen LogP contribution in [0.1, 0.15) is 40.5 Å². The zero-order valence-corrected chi connectivity index (χ0v) is 15.3. The fraction of sp³-hybridized carbons (Fsp3) is 0.211. The molecule has 2 rings (SSSR count). The topological polar surface area (TPSA) is 89.3 Å². The molecule has 8 heteroatoms. The second kappa shape index (κ2) is 9.27. The van der Waals surface area contributed by atoms with E-state index in [0.717, 1.165) is 18.2 Å². The van der Waals surface area contributed by atoms with Gasteiger partial charge in [-0.3, -0.25) is 14.4 Å². The molecule has 2 amide bonds. The summed E-state index contributed by atoms with van der Waals surface area (Å²) in [6.45, 7) is 1.84. The van der Waals surface area contributed by atoms with Crippen molar-refractivity contribution in [2.24, 2.45) is 5.73 Å². The smallest absolute Gasteiger partial charge is 0.253 e. The molecule has 0 spiro atoms. The van der Waals surface area contributed by atoms with Crippen molar-refractivity contribution in [3.05, 3.63) is 65.2 Å². The van der Waals surface area contributed by atoms with Gasteiger partial charge in [0, 0.05) is 4.90 Å². The molecule has 27 heavy (non-hydrogen) atoms. The van der Waals surface area contributed by atoms with Crippen molar-refractivity contribution in [1.29, 1.82) is 0 Å². The molecule has 0 aliphatic rings. The molecule has 3 N–H and O–H groups in total. The van der Waals surface area contributed by atoms with E-state index in [-0.39, 0.29) is 10.5 Å². The lowest BCUT2D eigenvalue weighted by molar-refractivity contribution is -0.120. The monoisotopic (exact) mass is 392 g/mol. The number of nitrogens with two attached hydrogens (primary N) is 1. The van der Waals surface area contributed by atoms with Crippen LogP contribution in [0.5, 0.6) is 0 Å². The number of halogens is 2. The summed E-state index contributed by atoms with van der Waals surface area (Å²) in [7, 11) is 0. The second-order valence-electron chi connectivity index (χ2n) is 5.70. The number of hydrogen-bond donors (Lipinski definition) is 2. The predicted molar refractivity (Wildman–Crippen MR) is 98.3 cm³/mol. The number of amides is 2. The van der Waals surface area contributed by atoms with E-state index < -0.39 is 40.2 Å². The molecule has 2 aromatic rings. The number of benzene rings is 2. The van der Waals surface area contributed by atoms with Gasteiger partial charge in [-0.25, -0.2) is 8.78 Å². The summed E-state index contributed by atoms with van der Waals surface area (Å²) in [5.74, 6) is -3.23. The third-order valence-corrected chi connectivity index (χ3v) is 4.69. The zero-order chi connectivity index (χ0) is 20.0. The highest BCUT2D eigenvalue weighted by Gasteiger charge is 2.23. The van der Waals surface area contributed by atoms with E-state index in [4.69, 9.17) is 5.73 Å². The SMILES string of the molecule is CCC[C@H](NC(=O)c1ccccc1SC(=O)c1c(F)cccc1F)C(N)=O. The van der Waals surface area contributed by atoms with Gasteiger partial charge in [0.1, 0.15) is 23.2 Å². The van der Waals surface area contributed by atoms with Crippen molar-refractivity contribution in [3.8, 4) is 0 Å². The minimum Gasteiger partial charge on any atom is -0.368 e. The van der Waals surface area contributed by atoms with Gasteiger partial charge < -0.3 is 11.1 Å².